The van der Waals surface area contributed by atoms with Crippen LogP contribution in [0.5, 0.6) is 5.75 Å². The van der Waals surface area contributed by atoms with E-state index in [1.165, 1.54) is 0 Å². The predicted octanol–water partition coefficient (Wildman–Crippen LogP) is 1.82. The fourth-order valence-electron chi connectivity index (χ4n) is 2.70. The van der Waals surface area contributed by atoms with E-state index in [4.69, 9.17) is 4.74 Å². The van der Waals surface area contributed by atoms with Crippen LogP contribution in [0.2, 0.25) is 0 Å². The maximum Gasteiger partial charge on any atom is 0.209 e. The summed E-state index contributed by atoms with van der Waals surface area (Å²) in [5, 5.41) is 3.29. The van der Waals surface area contributed by atoms with Gasteiger partial charge in [0.1, 0.15) is 23.7 Å². The molecule has 0 spiro atoms. The molecule has 24 heavy (non-hydrogen) atoms. The first-order chi connectivity index (χ1) is 11.7. The first kappa shape index (κ1) is 16.0. The Morgan fingerprint density at radius 1 is 1.17 bits per heavy atom. The maximum atomic E-state index is 10.8. The van der Waals surface area contributed by atoms with Gasteiger partial charge in [-0.3, -0.25) is 4.79 Å². The lowest BCUT2D eigenvalue weighted by Crippen LogP contribution is -2.46. The van der Waals surface area contributed by atoms with Crippen molar-refractivity contribution < 1.29 is 9.53 Å². The quantitative estimate of drug-likeness (QED) is 0.845. The number of ether oxygens (including phenoxy) is 1. The van der Waals surface area contributed by atoms with Gasteiger partial charge in [0.05, 0.1) is 12.8 Å². The fraction of sp³-hybridized carbons (Fsp3) is 0.353. The lowest BCUT2D eigenvalue weighted by molar-refractivity contribution is -0.118. The summed E-state index contributed by atoms with van der Waals surface area (Å²) in [5.41, 5.74) is 2.01. The van der Waals surface area contributed by atoms with Crippen molar-refractivity contribution in [3.05, 3.63) is 36.2 Å². The zero-order chi connectivity index (χ0) is 16.9. The van der Waals surface area contributed by atoms with Crippen LogP contribution in [0.15, 0.2) is 30.6 Å². The van der Waals surface area contributed by atoms with Gasteiger partial charge in [0.2, 0.25) is 6.41 Å². The second-order valence-electron chi connectivity index (χ2n) is 5.72. The second kappa shape index (κ2) is 7.16. The number of amides is 1. The third-order valence-corrected chi connectivity index (χ3v) is 4.06. The Hall–Kier alpha value is -2.83. The number of hydrogen-bond acceptors (Lipinski definition) is 6. The van der Waals surface area contributed by atoms with E-state index in [2.05, 4.69) is 20.2 Å². The average Bonchev–Trinajstić information content (AvgIpc) is 2.62. The highest BCUT2D eigenvalue weighted by molar-refractivity contribution is 5.66. The van der Waals surface area contributed by atoms with Crippen LogP contribution in [0.3, 0.4) is 0 Å². The monoisotopic (exact) mass is 327 g/mol. The first-order valence-corrected chi connectivity index (χ1v) is 7.87. The molecule has 1 aromatic heterocycles. The molecule has 126 valence electrons. The molecule has 1 aromatic carbocycles. The number of nitrogens with one attached hydrogen (secondary N) is 1. The van der Waals surface area contributed by atoms with Crippen molar-refractivity contribution in [1.82, 2.24) is 14.9 Å². The Balaban J connectivity index is 1.76. The number of piperazine rings is 1. The second-order valence-corrected chi connectivity index (χ2v) is 5.72. The molecule has 1 amide bonds. The minimum absolute atomic E-state index is 0.710. The molecule has 0 aliphatic carbocycles. The van der Waals surface area contributed by atoms with Gasteiger partial charge in [-0.1, -0.05) is 6.07 Å². The Morgan fingerprint density at radius 2 is 1.96 bits per heavy atom. The van der Waals surface area contributed by atoms with Crippen molar-refractivity contribution in [1.29, 1.82) is 0 Å². The van der Waals surface area contributed by atoms with E-state index >= 15 is 0 Å². The molecule has 0 saturated carbocycles. The molecule has 0 unspecified atom stereocenters. The van der Waals surface area contributed by atoms with Crippen LogP contribution in [0.4, 0.5) is 17.3 Å². The van der Waals surface area contributed by atoms with E-state index in [0.29, 0.717) is 18.9 Å². The summed E-state index contributed by atoms with van der Waals surface area (Å²) in [5.74, 6) is 2.33. The number of aryl methyl sites for hydroxylation is 1. The summed E-state index contributed by atoms with van der Waals surface area (Å²) in [6.45, 7) is 4.98. The predicted molar refractivity (Wildman–Crippen MR) is 92.9 cm³/mol. The van der Waals surface area contributed by atoms with Crippen LogP contribution in [-0.2, 0) is 4.79 Å². The maximum absolute atomic E-state index is 10.8. The molecule has 7 heteroatoms. The third-order valence-electron chi connectivity index (χ3n) is 4.06. The number of hydrogen-bond donors (Lipinski definition) is 1. The van der Waals surface area contributed by atoms with Crippen LogP contribution in [-0.4, -0.2) is 54.6 Å². The summed E-state index contributed by atoms with van der Waals surface area (Å²) < 4.78 is 5.39. The van der Waals surface area contributed by atoms with Gasteiger partial charge in [0, 0.05) is 32.2 Å². The van der Waals surface area contributed by atoms with E-state index in [9.17, 15) is 4.79 Å². The Labute approximate surface area is 141 Å². The molecule has 3 rings (SSSR count). The van der Waals surface area contributed by atoms with E-state index < -0.39 is 0 Å². The minimum Gasteiger partial charge on any atom is -0.495 e. The highest BCUT2D eigenvalue weighted by Crippen LogP contribution is 2.28. The number of benzene rings is 1. The summed E-state index contributed by atoms with van der Waals surface area (Å²) in [4.78, 5) is 23.4. The molecular weight excluding hydrogens is 306 g/mol. The number of carbonyl (C=O) groups is 1. The smallest absolute Gasteiger partial charge is 0.209 e. The summed E-state index contributed by atoms with van der Waals surface area (Å²) in [7, 11) is 1.65. The molecule has 1 fully saturated rings. The molecule has 1 N–H and O–H groups in total. The van der Waals surface area contributed by atoms with Crippen LogP contribution in [0.1, 0.15) is 5.56 Å². The first-order valence-electron chi connectivity index (χ1n) is 7.87. The van der Waals surface area contributed by atoms with Crippen molar-refractivity contribution in [3.8, 4) is 5.75 Å². The SMILES string of the molecule is COc1ccc(C)cc1Nc1cc(N2CCN(C=O)CC2)ncn1. The zero-order valence-electron chi connectivity index (χ0n) is 13.9. The molecule has 0 radical (unpaired) electrons. The number of aromatic nitrogens is 2. The van der Waals surface area contributed by atoms with Gasteiger partial charge in [0.15, 0.2) is 0 Å². The van der Waals surface area contributed by atoms with Crippen LogP contribution >= 0.6 is 0 Å². The zero-order valence-corrected chi connectivity index (χ0v) is 13.9. The van der Waals surface area contributed by atoms with E-state index in [1.54, 1.807) is 18.3 Å². The van der Waals surface area contributed by atoms with Crippen molar-refractivity contribution in [2.24, 2.45) is 0 Å². The van der Waals surface area contributed by atoms with Crippen LogP contribution in [0, 0.1) is 6.92 Å². The van der Waals surface area contributed by atoms with E-state index in [-0.39, 0.29) is 0 Å². The van der Waals surface area contributed by atoms with E-state index in [1.807, 2.05) is 31.2 Å². The molecule has 1 aliphatic heterocycles. The minimum atomic E-state index is 0.710. The number of rotatable bonds is 5. The number of anilines is 3. The molecule has 7 nitrogen and oxygen atoms in total. The third kappa shape index (κ3) is 3.56. The summed E-state index contributed by atoms with van der Waals surface area (Å²) >= 11 is 0. The van der Waals surface area contributed by atoms with Gasteiger partial charge < -0.3 is 19.9 Å². The standard InChI is InChI=1S/C17H21N5O2/c1-13-3-4-15(24-2)14(9-13)20-16-10-17(19-11-18-16)22-7-5-21(12-23)6-8-22/h3-4,9-12H,5-8H2,1-2H3,(H,18,19,20). The highest BCUT2D eigenvalue weighted by Gasteiger charge is 2.17. The van der Waals surface area contributed by atoms with Gasteiger partial charge in [-0.05, 0) is 24.6 Å². The van der Waals surface area contributed by atoms with Crippen molar-refractivity contribution in [3.63, 3.8) is 0 Å². The Bertz CT molecular complexity index is 714. The summed E-state index contributed by atoms with van der Waals surface area (Å²) in [6.07, 6.45) is 2.44. The molecule has 1 saturated heterocycles. The Morgan fingerprint density at radius 3 is 2.67 bits per heavy atom. The fourth-order valence-corrected chi connectivity index (χ4v) is 2.70. The number of nitrogens with zero attached hydrogens (tertiary/aromatic N) is 4. The molecular formula is C17H21N5O2. The Kier molecular flexibility index (Phi) is 4.79. The lowest BCUT2D eigenvalue weighted by atomic mass is 10.2. The molecule has 1 aliphatic rings. The normalized spacial score (nSPS) is 14.4. The molecule has 2 aromatic rings. The molecule has 2 heterocycles. The van der Waals surface area contributed by atoms with E-state index in [0.717, 1.165) is 42.3 Å². The highest BCUT2D eigenvalue weighted by atomic mass is 16.5. The largest absolute Gasteiger partial charge is 0.495 e. The van der Waals surface area contributed by atoms with Crippen molar-refractivity contribution in [2.75, 3.05) is 43.5 Å². The average molecular weight is 327 g/mol. The molecule has 0 bridgehead atoms. The van der Waals surface area contributed by atoms with Crippen LogP contribution < -0.4 is 15.0 Å². The number of carbonyl (C=O) groups excluding carboxylic acids is 1. The van der Waals surface area contributed by atoms with Crippen molar-refractivity contribution >= 4 is 23.7 Å². The van der Waals surface area contributed by atoms with Gasteiger partial charge in [-0.2, -0.15) is 0 Å². The van der Waals surface area contributed by atoms with Gasteiger partial charge in [0.25, 0.3) is 0 Å². The van der Waals surface area contributed by atoms with Gasteiger partial charge in [-0.25, -0.2) is 9.97 Å². The lowest BCUT2D eigenvalue weighted by Gasteiger charge is -2.33. The van der Waals surface area contributed by atoms with Crippen LogP contribution in [0.25, 0.3) is 0 Å². The summed E-state index contributed by atoms with van der Waals surface area (Å²) in [6, 6.07) is 7.86. The van der Waals surface area contributed by atoms with Crippen molar-refractivity contribution in [2.45, 2.75) is 6.92 Å². The van der Waals surface area contributed by atoms with Gasteiger partial charge >= 0.3 is 0 Å². The molecule has 0 atom stereocenters. The topological polar surface area (TPSA) is 70.6 Å². The number of methoxy groups -OCH3 is 1. The van der Waals surface area contributed by atoms with Gasteiger partial charge in [-0.15, -0.1) is 0 Å².